The summed E-state index contributed by atoms with van der Waals surface area (Å²) >= 11 is 0. The van der Waals surface area contributed by atoms with Gasteiger partial charge in [-0.3, -0.25) is 9.59 Å². The zero-order valence-electron chi connectivity index (χ0n) is 22.6. The second kappa shape index (κ2) is 9.93. The Kier molecular flexibility index (Phi) is 6.56. The number of primary amides is 1. The summed E-state index contributed by atoms with van der Waals surface area (Å²) in [6.45, 7) is -0.250. The van der Waals surface area contributed by atoms with Crippen LogP contribution in [0.25, 0.3) is 16.9 Å². The fraction of sp³-hybridized carbons (Fsp3) is 0.310. The Morgan fingerprint density at radius 2 is 1.88 bits per heavy atom. The molecule has 4 heterocycles. The quantitative estimate of drug-likeness (QED) is 0.264. The molecule has 14 heteroatoms. The highest BCUT2D eigenvalue weighted by molar-refractivity contribution is 5.93. The molecule has 6 rings (SSSR count). The number of fused-ring (bicyclic) bond motifs is 2. The number of aliphatic hydroxyl groups is 1. The molecule has 0 saturated heterocycles. The van der Waals surface area contributed by atoms with E-state index in [1.807, 2.05) is 0 Å². The number of benzene rings is 1. The lowest BCUT2D eigenvalue weighted by Gasteiger charge is -2.31. The SMILES string of the molecule is C[C@]1(C(N)=O)COc2c1cc(C(O)(CNC(=O)c1cn3cc(OC4CC4)ccc3n1)C(F)(F)F)nc2-c1ccc(F)cc1. The molecule has 10 nitrogen and oxygen atoms in total. The van der Waals surface area contributed by atoms with Gasteiger partial charge < -0.3 is 30.0 Å². The number of rotatable bonds is 8. The van der Waals surface area contributed by atoms with Crippen LogP contribution in [0.5, 0.6) is 11.5 Å². The Morgan fingerprint density at radius 3 is 2.53 bits per heavy atom. The molecule has 1 fully saturated rings. The summed E-state index contributed by atoms with van der Waals surface area (Å²) in [4.78, 5) is 33.6. The molecule has 224 valence electrons. The van der Waals surface area contributed by atoms with Crippen molar-refractivity contribution in [1.29, 1.82) is 0 Å². The number of ether oxygens (including phenoxy) is 2. The van der Waals surface area contributed by atoms with Gasteiger partial charge in [-0.1, -0.05) is 0 Å². The molecule has 1 saturated carbocycles. The molecule has 1 aliphatic carbocycles. The van der Waals surface area contributed by atoms with Crippen LogP contribution in [0.4, 0.5) is 17.6 Å². The lowest BCUT2D eigenvalue weighted by atomic mass is 9.81. The van der Waals surface area contributed by atoms with E-state index < -0.39 is 47.1 Å². The fourth-order valence-electron chi connectivity index (χ4n) is 4.77. The van der Waals surface area contributed by atoms with Gasteiger partial charge in [0.15, 0.2) is 0 Å². The third-order valence-electron chi connectivity index (χ3n) is 7.62. The van der Waals surface area contributed by atoms with Crippen LogP contribution in [0, 0.1) is 5.82 Å². The fourth-order valence-corrected chi connectivity index (χ4v) is 4.77. The highest BCUT2D eigenvalue weighted by Crippen LogP contribution is 2.47. The first-order chi connectivity index (χ1) is 20.3. The van der Waals surface area contributed by atoms with Gasteiger partial charge in [-0.25, -0.2) is 14.4 Å². The van der Waals surface area contributed by atoms with Crippen LogP contribution in [-0.2, 0) is 15.8 Å². The lowest BCUT2D eigenvalue weighted by Crippen LogP contribution is -2.52. The van der Waals surface area contributed by atoms with Crippen LogP contribution < -0.4 is 20.5 Å². The summed E-state index contributed by atoms with van der Waals surface area (Å²) in [5.41, 5.74) is -0.510. The molecule has 2 amide bonds. The van der Waals surface area contributed by atoms with Crippen molar-refractivity contribution in [3.8, 4) is 22.8 Å². The first-order valence-corrected chi connectivity index (χ1v) is 13.3. The first-order valence-electron chi connectivity index (χ1n) is 13.3. The Hall–Kier alpha value is -4.72. The van der Waals surface area contributed by atoms with Gasteiger partial charge in [-0.05, 0) is 62.2 Å². The monoisotopic (exact) mass is 599 g/mol. The van der Waals surface area contributed by atoms with Crippen molar-refractivity contribution >= 4 is 17.5 Å². The predicted molar refractivity (Wildman–Crippen MR) is 143 cm³/mol. The minimum atomic E-state index is -5.35. The molecular formula is C29H25F4N5O5. The molecule has 1 unspecified atom stereocenters. The number of aromatic nitrogens is 3. The molecule has 2 aliphatic rings. The van der Waals surface area contributed by atoms with Gasteiger partial charge in [-0.2, -0.15) is 13.2 Å². The second-order valence-corrected chi connectivity index (χ2v) is 10.8. The average Bonchev–Trinajstić information content (AvgIpc) is 3.56. The van der Waals surface area contributed by atoms with E-state index in [2.05, 4.69) is 15.3 Å². The number of hydrogen-bond acceptors (Lipinski definition) is 7. The van der Waals surface area contributed by atoms with E-state index in [0.29, 0.717) is 11.4 Å². The van der Waals surface area contributed by atoms with Crippen LogP contribution in [0.1, 0.15) is 41.5 Å². The molecule has 2 atom stereocenters. The minimum absolute atomic E-state index is 0.0278. The largest absolute Gasteiger partial charge is 0.489 e. The lowest BCUT2D eigenvalue weighted by molar-refractivity contribution is -0.265. The Labute approximate surface area is 241 Å². The van der Waals surface area contributed by atoms with Crippen molar-refractivity contribution in [3.63, 3.8) is 0 Å². The number of imidazole rings is 1. The highest BCUT2D eigenvalue weighted by Gasteiger charge is 2.57. The van der Waals surface area contributed by atoms with E-state index in [4.69, 9.17) is 15.2 Å². The van der Waals surface area contributed by atoms with E-state index in [1.165, 1.54) is 29.7 Å². The molecule has 0 spiro atoms. The molecule has 43 heavy (non-hydrogen) atoms. The van der Waals surface area contributed by atoms with Gasteiger partial charge in [0.25, 0.3) is 5.91 Å². The molecule has 0 radical (unpaired) electrons. The smallest absolute Gasteiger partial charge is 0.424 e. The number of nitrogens with two attached hydrogens (primary N) is 1. The normalized spacial score (nSPS) is 19.4. The van der Waals surface area contributed by atoms with Crippen molar-refractivity contribution in [2.24, 2.45) is 5.73 Å². The standard InChI is InChI=1S/C29H25F4N5O5/c1-27(26(34)40)14-42-24-19(27)10-21(37-23(24)15-2-4-16(30)5-3-15)28(41,29(31,32)33)13-35-25(39)20-12-38-11-18(43-17-6-7-17)8-9-22(38)36-20/h2-5,8-12,17,41H,6-7,13-14H2,1H3,(H2,34,40)(H,35,39)/t27-,28?/m0/s1. The third kappa shape index (κ3) is 5.01. The number of carbonyl (C=O) groups excluding carboxylic acids is 2. The third-order valence-corrected chi connectivity index (χ3v) is 7.62. The first kappa shape index (κ1) is 28.4. The number of hydrogen-bond donors (Lipinski definition) is 3. The molecule has 1 aromatic carbocycles. The van der Waals surface area contributed by atoms with Crippen molar-refractivity contribution < 1.29 is 41.7 Å². The number of pyridine rings is 2. The van der Waals surface area contributed by atoms with Gasteiger partial charge in [0, 0.05) is 17.3 Å². The van der Waals surface area contributed by atoms with Gasteiger partial charge in [0.1, 0.15) is 46.4 Å². The summed E-state index contributed by atoms with van der Waals surface area (Å²) in [5, 5.41) is 13.3. The van der Waals surface area contributed by atoms with Gasteiger partial charge in [-0.15, -0.1) is 0 Å². The van der Waals surface area contributed by atoms with Crippen molar-refractivity contribution in [2.45, 2.75) is 43.1 Å². The van der Waals surface area contributed by atoms with Crippen LogP contribution >= 0.6 is 0 Å². The van der Waals surface area contributed by atoms with Crippen molar-refractivity contribution in [3.05, 3.63) is 77.6 Å². The van der Waals surface area contributed by atoms with Crippen LogP contribution in [-0.4, -0.2) is 56.7 Å². The number of nitrogens with one attached hydrogen (secondary N) is 1. The van der Waals surface area contributed by atoms with Crippen molar-refractivity contribution in [1.82, 2.24) is 19.7 Å². The molecule has 0 bridgehead atoms. The van der Waals surface area contributed by atoms with Gasteiger partial charge in [0.2, 0.25) is 11.5 Å². The van der Waals surface area contributed by atoms with Gasteiger partial charge >= 0.3 is 6.18 Å². The van der Waals surface area contributed by atoms with E-state index in [1.54, 1.807) is 18.3 Å². The molecular weight excluding hydrogens is 574 g/mol. The van der Waals surface area contributed by atoms with Crippen LogP contribution in [0.15, 0.2) is 54.9 Å². The summed E-state index contributed by atoms with van der Waals surface area (Å²) in [5.74, 6) is -1.94. The number of alkyl halides is 3. The number of halogens is 4. The summed E-state index contributed by atoms with van der Waals surface area (Å²) in [6.07, 6.45) is -0.404. The zero-order chi connectivity index (χ0) is 30.7. The number of carbonyl (C=O) groups is 2. The summed E-state index contributed by atoms with van der Waals surface area (Å²) in [6, 6.07) is 8.85. The van der Waals surface area contributed by atoms with Gasteiger partial charge in [0.05, 0.1) is 24.5 Å². The maximum Gasteiger partial charge on any atom is 0.424 e. The maximum atomic E-state index is 14.6. The highest BCUT2D eigenvalue weighted by atomic mass is 19.4. The maximum absolute atomic E-state index is 14.6. The molecule has 1 aliphatic heterocycles. The summed E-state index contributed by atoms with van der Waals surface area (Å²) in [7, 11) is 0. The molecule has 4 aromatic rings. The van der Waals surface area contributed by atoms with E-state index in [-0.39, 0.29) is 41.0 Å². The summed E-state index contributed by atoms with van der Waals surface area (Å²) < 4.78 is 70.3. The Bertz CT molecular complexity index is 1750. The molecule has 3 aromatic heterocycles. The predicted octanol–water partition coefficient (Wildman–Crippen LogP) is 3.39. The van der Waals surface area contributed by atoms with E-state index in [0.717, 1.165) is 31.0 Å². The average molecular weight is 600 g/mol. The van der Waals surface area contributed by atoms with E-state index in [9.17, 15) is 32.3 Å². The Morgan fingerprint density at radius 1 is 1.16 bits per heavy atom. The Balaban J connectivity index is 1.36. The van der Waals surface area contributed by atoms with Crippen molar-refractivity contribution in [2.75, 3.05) is 13.2 Å². The van der Waals surface area contributed by atoms with Crippen LogP contribution in [0.2, 0.25) is 0 Å². The number of amides is 2. The molecule has 4 N–H and O–H groups in total. The van der Waals surface area contributed by atoms with E-state index >= 15 is 0 Å². The topological polar surface area (TPSA) is 141 Å². The van der Waals surface area contributed by atoms with Crippen LogP contribution in [0.3, 0.4) is 0 Å². The zero-order valence-corrected chi connectivity index (χ0v) is 22.6. The number of nitrogens with zero attached hydrogens (tertiary/aromatic N) is 3. The second-order valence-electron chi connectivity index (χ2n) is 10.8. The minimum Gasteiger partial charge on any atom is -0.489 e.